The van der Waals surface area contributed by atoms with Gasteiger partial charge in [0.25, 0.3) is 0 Å². The lowest BCUT2D eigenvalue weighted by molar-refractivity contribution is -0.133. The van der Waals surface area contributed by atoms with Gasteiger partial charge in [-0.3, -0.25) is 14.5 Å². The molecule has 2 saturated heterocycles. The highest BCUT2D eigenvalue weighted by Crippen LogP contribution is 2.28. The zero-order valence-corrected chi connectivity index (χ0v) is 18.0. The topological polar surface area (TPSA) is 68.3 Å². The molecule has 162 valence electrons. The first kappa shape index (κ1) is 23.4. The van der Waals surface area contributed by atoms with Crippen molar-refractivity contribution in [3.8, 4) is 11.5 Å². The van der Waals surface area contributed by atoms with Crippen molar-refractivity contribution in [1.29, 1.82) is 0 Å². The molecule has 0 aliphatic carbocycles. The van der Waals surface area contributed by atoms with E-state index >= 15 is 0 Å². The van der Waals surface area contributed by atoms with E-state index in [1.165, 1.54) is 7.11 Å². The van der Waals surface area contributed by atoms with E-state index in [4.69, 9.17) is 14.2 Å². The number of ether oxygens (including phenoxy) is 3. The standard InChI is InChI=1S/C21H30N2O5.ClH/c1-26-19-5-3-16(15-20(19)27-2)18(24)4-6-21(25)23-11-9-22(10-12-23)17-7-13-28-14-8-17;/h3,5,15,17H,4,6-14H2,1-2H3;1H. The van der Waals surface area contributed by atoms with Crippen LogP contribution in [0.15, 0.2) is 18.2 Å². The summed E-state index contributed by atoms with van der Waals surface area (Å²) >= 11 is 0. The molecule has 7 nitrogen and oxygen atoms in total. The normalized spacial score (nSPS) is 18.1. The highest BCUT2D eigenvalue weighted by molar-refractivity contribution is 5.98. The average Bonchev–Trinajstić information content (AvgIpc) is 2.77. The van der Waals surface area contributed by atoms with E-state index in [0.717, 1.165) is 52.2 Å². The third kappa shape index (κ3) is 6.07. The number of Topliss-reactive ketones (excluding diaryl/α,β-unsaturated/α-hetero) is 1. The van der Waals surface area contributed by atoms with Gasteiger partial charge in [0.1, 0.15) is 0 Å². The number of carbonyl (C=O) groups excluding carboxylic acids is 2. The van der Waals surface area contributed by atoms with Crippen molar-refractivity contribution in [2.45, 2.75) is 31.7 Å². The van der Waals surface area contributed by atoms with Crippen LogP contribution < -0.4 is 9.47 Å². The van der Waals surface area contributed by atoms with Crippen LogP contribution in [0.1, 0.15) is 36.0 Å². The van der Waals surface area contributed by atoms with Crippen molar-refractivity contribution < 1.29 is 23.8 Å². The van der Waals surface area contributed by atoms with E-state index in [1.807, 2.05) is 4.90 Å². The minimum absolute atomic E-state index is 0. The van der Waals surface area contributed by atoms with Gasteiger partial charge in [0.15, 0.2) is 17.3 Å². The van der Waals surface area contributed by atoms with E-state index < -0.39 is 0 Å². The van der Waals surface area contributed by atoms with Gasteiger partial charge >= 0.3 is 0 Å². The van der Waals surface area contributed by atoms with Gasteiger partial charge < -0.3 is 19.1 Å². The predicted molar refractivity (Wildman–Crippen MR) is 112 cm³/mol. The summed E-state index contributed by atoms with van der Waals surface area (Å²) in [4.78, 5) is 29.4. The van der Waals surface area contributed by atoms with Crippen LogP contribution in [-0.2, 0) is 9.53 Å². The number of methoxy groups -OCH3 is 2. The van der Waals surface area contributed by atoms with Gasteiger partial charge in [-0.15, -0.1) is 12.4 Å². The van der Waals surface area contributed by atoms with Gasteiger partial charge in [0.2, 0.25) is 5.91 Å². The zero-order valence-electron chi connectivity index (χ0n) is 17.2. The molecule has 8 heteroatoms. The Bertz CT molecular complexity index is 686. The summed E-state index contributed by atoms with van der Waals surface area (Å²) in [5, 5.41) is 0. The second-order valence-corrected chi connectivity index (χ2v) is 7.25. The largest absolute Gasteiger partial charge is 0.493 e. The van der Waals surface area contributed by atoms with Crippen LogP contribution >= 0.6 is 12.4 Å². The number of nitrogens with zero attached hydrogens (tertiary/aromatic N) is 2. The molecule has 29 heavy (non-hydrogen) atoms. The molecule has 0 unspecified atom stereocenters. The first-order chi connectivity index (χ1) is 13.6. The summed E-state index contributed by atoms with van der Waals surface area (Å²) in [6.07, 6.45) is 2.60. The van der Waals surface area contributed by atoms with Crippen molar-refractivity contribution in [3.05, 3.63) is 23.8 Å². The molecule has 1 aromatic carbocycles. The maximum absolute atomic E-state index is 12.5. The van der Waals surface area contributed by atoms with E-state index in [9.17, 15) is 9.59 Å². The van der Waals surface area contributed by atoms with E-state index in [1.54, 1.807) is 25.3 Å². The van der Waals surface area contributed by atoms with Crippen LogP contribution in [0, 0.1) is 0 Å². The molecule has 0 aromatic heterocycles. The molecule has 2 heterocycles. The van der Waals surface area contributed by atoms with E-state index in [2.05, 4.69) is 4.90 Å². The van der Waals surface area contributed by atoms with Crippen LogP contribution in [0.3, 0.4) is 0 Å². The Morgan fingerprint density at radius 1 is 1.00 bits per heavy atom. The smallest absolute Gasteiger partial charge is 0.223 e. The summed E-state index contributed by atoms with van der Waals surface area (Å²) in [5.41, 5.74) is 0.537. The van der Waals surface area contributed by atoms with E-state index in [0.29, 0.717) is 23.1 Å². The Labute approximate surface area is 178 Å². The van der Waals surface area contributed by atoms with Gasteiger partial charge in [-0.25, -0.2) is 0 Å². The summed E-state index contributed by atoms with van der Waals surface area (Å²) < 4.78 is 15.9. The minimum Gasteiger partial charge on any atom is -0.493 e. The molecule has 0 atom stereocenters. The first-order valence-corrected chi connectivity index (χ1v) is 9.97. The third-order valence-corrected chi connectivity index (χ3v) is 5.65. The van der Waals surface area contributed by atoms with Gasteiger partial charge in [-0.1, -0.05) is 0 Å². The Morgan fingerprint density at radius 3 is 2.28 bits per heavy atom. The minimum atomic E-state index is -0.0601. The maximum Gasteiger partial charge on any atom is 0.223 e. The van der Waals surface area contributed by atoms with Crippen molar-refractivity contribution in [1.82, 2.24) is 9.80 Å². The lowest BCUT2D eigenvalue weighted by Gasteiger charge is -2.40. The SMILES string of the molecule is COc1ccc(C(=O)CCC(=O)N2CCN(C3CCOCC3)CC2)cc1OC.Cl. The Hall–Kier alpha value is -1.83. The van der Waals surface area contributed by atoms with E-state index in [-0.39, 0.29) is 36.9 Å². The van der Waals surface area contributed by atoms with Crippen molar-refractivity contribution in [2.75, 3.05) is 53.6 Å². The van der Waals surface area contributed by atoms with Crippen molar-refractivity contribution in [3.63, 3.8) is 0 Å². The molecule has 1 amide bonds. The predicted octanol–water partition coefficient (Wildman–Crippen LogP) is 2.41. The molecule has 2 fully saturated rings. The highest BCUT2D eigenvalue weighted by Gasteiger charge is 2.27. The number of carbonyl (C=O) groups is 2. The van der Waals surface area contributed by atoms with Crippen LogP contribution in [0.4, 0.5) is 0 Å². The van der Waals surface area contributed by atoms with Gasteiger partial charge in [-0.05, 0) is 31.0 Å². The fourth-order valence-electron chi connectivity index (χ4n) is 3.92. The monoisotopic (exact) mass is 426 g/mol. The van der Waals surface area contributed by atoms with Crippen LogP contribution in [-0.4, -0.2) is 81.1 Å². The number of hydrogen-bond donors (Lipinski definition) is 0. The Kier molecular flexibility index (Phi) is 9.20. The molecule has 2 aliphatic rings. The molecule has 0 spiro atoms. The number of benzene rings is 1. The van der Waals surface area contributed by atoms with Crippen LogP contribution in [0.25, 0.3) is 0 Å². The number of piperazine rings is 1. The molecule has 0 N–H and O–H groups in total. The quantitative estimate of drug-likeness (QED) is 0.624. The lowest BCUT2D eigenvalue weighted by atomic mass is 10.0. The molecular weight excluding hydrogens is 396 g/mol. The molecule has 0 radical (unpaired) electrons. The molecule has 0 bridgehead atoms. The Morgan fingerprint density at radius 2 is 1.66 bits per heavy atom. The second-order valence-electron chi connectivity index (χ2n) is 7.25. The maximum atomic E-state index is 12.5. The molecule has 0 saturated carbocycles. The Balaban J connectivity index is 0.00000300. The average molecular weight is 427 g/mol. The molecule has 1 aromatic rings. The van der Waals surface area contributed by atoms with Crippen molar-refractivity contribution >= 4 is 24.1 Å². The number of hydrogen-bond acceptors (Lipinski definition) is 6. The second kappa shape index (κ2) is 11.4. The lowest BCUT2D eigenvalue weighted by Crippen LogP contribution is -2.53. The van der Waals surface area contributed by atoms with Crippen LogP contribution in [0.2, 0.25) is 0 Å². The summed E-state index contributed by atoms with van der Waals surface area (Å²) in [6.45, 7) is 4.95. The third-order valence-electron chi connectivity index (χ3n) is 5.65. The fraction of sp³-hybridized carbons (Fsp3) is 0.619. The molecule has 3 rings (SSSR count). The number of amides is 1. The van der Waals surface area contributed by atoms with Gasteiger partial charge in [0.05, 0.1) is 14.2 Å². The summed E-state index contributed by atoms with van der Waals surface area (Å²) in [6, 6.07) is 5.67. The first-order valence-electron chi connectivity index (χ1n) is 9.97. The molecule has 2 aliphatic heterocycles. The van der Waals surface area contributed by atoms with Crippen LogP contribution in [0.5, 0.6) is 11.5 Å². The van der Waals surface area contributed by atoms with Gasteiger partial charge in [0, 0.05) is 63.8 Å². The fourth-order valence-corrected chi connectivity index (χ4v) is 3.92. The molecular formula is C21H31ClN2O5. The van der Waals surface area contributed by atoms with Gasteiger partial charge in [-0.2, -0.15) is 0 Å². The number of halogens is 1. The summed E-state index contributed by atoms with van der Waals surface area (Å²) in [5.74, 6) is 1.09. The number of rotatable bonds is 7. The highest BCUT2D eigenvalue weighted by atomic mass is 35.5. The van der Waals surface area contributed by atoms with Crippen molar-refractivity contribution in [2.24, 2.45) is 0 Å². The zero-order chi connectivity index (χ0) is 19.9. The number of ketones is 1. The summed E-state index contributed by atoms with van der Waals surface area (Å²) in [7, 11) is 3.09.